The van der Waals surface area contributed by atoms with Gasteiger partial charge in [0.2, 0.25) is 0 Å². The van der Waals surface area contributed by atoms with Crippen LogP contribution >= 0.6 is 28.1 Å². The minimum Gasteiger partial charge on any atom is -0.393 e. The first-order valence-electron chi connectivity index (χ1n) is 5.80. The summed E-state index contributed by atoms with van der Waals surface area (Å²) in [4.78, 5) is 14.6. The summed E-state index contributed by atoms with van der Waals surface area (Å²) in [7, 11) is 0. The average Bonchev–Trinajstić information content (AvgIpc) is 2.32. The number of nitrogens with two attached hydrogens (primary N) is 1. The molecule has 1 rings (SSSR count). The molecule has 0 aliphatic carbocycles. The molecule has 0 aliphatic rings. The van der Waals surface area contributed by atoms with Gasteiger partial charge in [0.25, 0.3) is 5.91 Å². The molecule has 5 heteroatoms. The number of nitrogens with zero attached hydrogens (tertiary/aromatic N) is 1. The summed E-state index contributed by atoms with van der Waals surface area (Å²) < 4.78 is 0.851. The Balaban J connectivity index is 2.89. The van der Waals surface area contributed by atoms with E-state index in [9.17, 15) is 4.79 Å². The third-order valence-corrected chi connectivity index (χ3v) is 3.98. The molecule has 0 bridgehead atoms. The Kier molecular flexibility index (Phi) is 5.75. The number of carbonyl (C=O) groups is 1. The lowest BCUT2D eigenvalue weighted by Gasteiger charge is -2.21. The highest BCUT2D eigenvalue weighted by molar-refractivity contribution is 9.10. The molecule has 0 atom stereocenters. The van der Waals surface area contributed by atoms with E-state index >= 15 is 0 Å². The molecule has 0 heterocycles. The molecular formula is C13H17BrN2OS. The van der Waals surface area contributed by atoms with Crippen LogP contribution in [0.1, 0.15) is 29.3 Å². The van der Waals surface area contributed by atoms with Gasteiger partial charge in [0.1, 0.15) is 0 Å². The fourth-order valence-electron chi connectivity index (χ4n) is 1.63. The van der Waals surface area contributed by atoms with Gasteiger partial charge >= 0.3 is 0 Å². The van der Waals surface area contributed by atoms with Crippen LogP contribution < -0.4 is 5.73 Å². The Morgan fingerprint density at radius 3 is 2.72 bits per heavy atom. The minimum atomic E-state index is 0.00400. The second-order valence-electron chi connectivity index (χ2n) is 4.04. The summed E-state index contributed by atoms with van der Waals surface area (Å²) in [5, 5.41) is 0. The van der Waals surface area contributed by atoms with Gasteiger partial charge in [-0.05, 0) is 41.4 Å². The Labute approximate surface area is 121 Å². The van der Waals surface area contributed by atoms with E-state index in [1.54, 1.807) is 4.90 Å². The summed E-state index contributed by atoms with van der Waals surface area (Å²) in [6.07, 6.45) is 0.554. The molecular weight excluding hydrogens is 312 g/mol. The number of benzene rings is 1. The summed E-state index contributed by atoms with van der Waals surface area (Å²) in [5.74, 6) is 0.00400. The second-order valence-corrected chi connectivity index (χ2v) is 5.35. The number of halogens is 1. The Morgan fingerprint density at radius 1 is 1.50 bits per heavy atom. The van der Waals surface area contributed by atoms with E-state index < -0.39 is 0 Å². The fraction of sp³-hybridized carbons (Fsp3) is 0.385. The molecule has 1 aromatic carbocycles. The van der Waals surface area contributed by atoms with E-state index in [0.717, 1.165) is 10.0 Å². The number of aryl methyl sites for hydroxylation is 1. The van der Waals surface area contributed by atoms with Crippen molar-refractivity contribution in [2.75, 3.05) is 13.1 Å². The van der Waals surface area contributed by atoms with Crippen molar-refractivity contribution < 1.29 is 4.79 Å². The molecule has 1 aromatic rings. The van der Waals surface area contributed by atoms with Gasteiger partial charge in [0, 0.05) is 24.0 Å². The summed E-state index contributed by atoms with van der Waals surface area (Å²) in [6.45, 7) is 5.11. The van der Waals surface area contributed by atoms with Crippen LogP contribution in [0.3, 0.4) is 0 Å². The van der Waals surface area contributed by atoms with Crippen LogP contribution in [-0.2, 0) is 0 Å². The Morgan fingerprint density at radius 2 is 2.17 bits per heavy atom. The molecule has 1 amide bonds. The molecule has 0 saturated carbocycles. The number of thiocarbonyl (C=S) groups is 1. The number of hydrogen-bond acceptors (Lipinski definition) is 2. The first-order chi connectivity index (χ1) is 8.47. The van der Waals surface area contributed by atoms with Crippen molar-refractivity contribution in [1.29, 1.82) is 0 Å². The van der Waals surface area contributed by atoms with Gasteiger partial charge in [-0.1, -0.05) is 24.4 Å². The van der Waals surface area contributed by atoms with Crippen LogP contribution in [-0.4, -0.2) is 28.9 Å². The number of carbonyl (C=O) groups excluding carboxylic acids is 1. The first kappa shape index (κ1) is 15.1. The van der Waals surface area contributed by atoms with Gasteiger partial charge in [-0.25, -0.2) is 0 Å². The largest absolute Gasteiger partial charge is 0.393 e. The van der Waals surface area contributed by atoms with Crippen LogP contribution in [0.2, 0.25) is 0 Å². The van der Waals surface area contributed by atoms with Crippen molar-refractivity contribution in [3.63, 3.8) is 0 Å². The summed E-state index contributed by atoms with van der Waals surface area (Å²) in [6, 6.07) is 5.67. The molecule has 0 aliphatic heterocycles. The van der Waals surface area contributed by atoms with Crippen LogP contribution in [0, 0.1) is 6.92 Å². The normalized spacial score (nSPS) is 10.2. The third-order valence-electron chi connectivity index (χ3n) is 2.72. The molecule has 0 aromatic heterocycles. The van der Waals surface area contributed by atoms with Gasteiger partial charge in [-0.15, -0.1) is 0 Å². The minimum absolute atomic E-state index is 0.00400. The molecule has 2 N–H and O–H groups in total. The van der Waals surface area contributed by atoms with E-state index in [0.29, 0.717) is 30.1 Å². The first-order valence-corrected chi connectivity index (χ1v) is 7.00. The predicted molar refractivity (Wildman–Crippen MR) is 81.9 cm³/mol. The topological polar surface area (TPSA) is 46.3 Å². The van der Waals surface area contributed by atoms with E-state index in [2.05, 4.69) is 15.9 Å². The summed E-state index contributed by atoms with van der Waals surface area (Å²) in [5.41, 5.74) is 7.20. The maximum Gasteiger partial charge on any atom is 0.255 e. The molecule has 18 heavy (non-hydrogen) atoms. The lowest BCUT2D eigenvalue weighted by atomic mass is 10.1. The van der Waals surface area contributed by atoms with Crippen molar-refractivity contribution in [3.8, 4) is 0 Å². The number of rotatable bonds is 5. The number of hydrogen-bond donors (Lipinski definition) is 1. The predicted octanol–water partition coefficient (Wildman–Crippen LogP) is 2.90. The lowest BCUT2D eigenvalue weighted by molar-refractivity contribution is 0.0768. The average molecular weight is 329 g/mol. The Hall–Kier alpha value is -0.940. The van der Waals surface area contributed by atoms with Crippen LogP contribution in [0.25, 0.3) is 0 Å². The van der Waals surface area contributed by atoms with Crippen LogP contribution in [0.15, 0.2) is 22.7 Å². The van der Waals surface area contributed by atoms with E-state index in [1.165, 1.54) is 0 Å². The van der Waals surface area contributed by atoms with E-state index in [4.69, 9.17) is 18.0 Å². The second kappa shape index (κ2) is 6.85. The molecule has 0 saturated heterocycles. The highest BCUT2D eigenvalue weighted by Gasteiger charge is 2.17. The lowest BCUT2D eigenvalue weighted by Crippen LogP contribution is -2.33. The van der Waals surface area contributed by atoms with E-state index in [1.807, 2.05) is 32.0 Å². The maximum absolute atomic E-state index is 12.4. The molecule has 0 unspecified atom stereocenters. The monoisotopic (exact) mass is 328 g/mol. The zero-order valence-electron chi connectivity index (χ0n) is 10.6. The van der Waals surface area contributed by atoms with Gasteiger partial charge in [-0.2, -0.15) is 0 Å². The van der Waals surface area contributed by atoms with Crippen molar-refractivity contribution in [2.24, 2.45) is 5.73 Å². The third kappa shape index (κ3) is 3.78. The van der Waals surface area contributed by atoms with Gasteiger partial charge < -0.3 is 10.6 Å². The van der Waals surface area contributed by atoms with Gasteiger partial charge in [-0.3, -0.25) is 4.79 Å². The van der Waals surface area contributed by atoms with Gasteiger partial charge in [0.15, 0.2) is 0 Å². The standard InChI is InChI=1S/C13H17BrN2OS/c1-3-16(8-7-11(15)18)13(17)10-6-4-5-9(2)12(10)14/h4-6H,3,7-8H2,1-2H3,(H2,15,18). The molecule has 0 radical (unpaired) electrons. The fourth-order valence-corrected chi connectivity index (χ4v) is 2.16. The molecule has 3 nitrogen and oxygen atoms in total. The molecule has 0 spiro atoms. The van der Waals surface area contributed by atoms with E-state index in [-0.39, 0.29) is 5.91 Å². The van der Waals surface area contributed by atoms with Crippen molar-refractivity contribution in [3.05, 3.63) is 33.8 Å². The van der Waals surface area contributed by atoms with Crippen molar-refractivity contribution >= 4 is 39.0 Å². The van der Waals surface area contributed by atoms with Crippen LogP contribution in [0.5, 0.6) is 0 Å². The zero-order valence-corrected chi connectivity index (χ0v) is 13.0. The van der Waals surface area contributed by atoms with Crippen LogP contribution in [0.4, 0.5) is 0 Å². The highest BCUT2D eigenvalue weighted by Crippen LogP contribution is 2.22. The smallest absolute Gasteiger partial charge is 0.255 e. The zero-order chi connectivity index (χ0) is 13.7. The maximum atomic E-state index is 12.4. The summed E-state index contributed by atoms with van der Waals surface area (Å²) >= 11 is 8.30. The Bertz CT molecular complexity index is 462. The quantitative estimate of drug-likeness (QED) is 0.845. The SMILES string of the molecule is CCN(CCC(N)=S)C(=O)c1cccc(C)c1Br. The van der Waals surface area contributed by atoms with Crippen molar-refractivity contribution in [2.45, 2.75) is 20.3 Å². The van der Waals surface area contributed by atoms with Crippen molar-refractivity contribution in [1.82, 2.24) is 4.90 Å². The highest BCUT2D eigenvalue weighted by atomic mass is 79.9. The number of amides is 1. The molecule has 98 valence electrons. The van der Waals surface area contributed by atoms with Gasteiger partial charge in [0.05, 0.1) is 10.6 Å². The molecule has 0 fully saturated rings.